The number of hydrogen-bond donors (Lipinski definition) is 0. The van der Waals surface area contributed by atoms with Gasteiger partial charge in [-0.25, -0.2) is 4.79 Å². The van der Waals surface area contributed by atoms with Gasteiger partial charge >= 0.3 is 11.9 Å². The van der Waals surface area contributed by atoms with Crippen LogP contribution in [0.4, 0.5) is 0 Å². The van der Waals surface area contributed by atoms with Gasteiger partial charge in [-0.3, -0.25) is 4.79 Å². The lowest BCUT2D eigenvalue weighted by Gasteiger charge is -2.11. The molecule has 0 aromatic rings. The van der Waals surface area contributed by atoms with Crippen LogP contribution in [0, 0.1) is 11.8 Å². The van der Waals surface area contributed by atoms with Gasteiger partial charge in [0.25, 0.3) is 0 Å². The highest BCUT2D eigenvalue weighted by atomic mass is 16.5. The minimum atomic E-state index is -0.395. The molecule has 0 aromatic carbocycles. The summed E-state index contributed by atoms with van der Waals surface area (Å²) in [4.78, 5) is 23.2. The van der Waals surface area contributed by atoms with Crippen LogP contribution in [-0.4, -0.2) is 25.2 Å². The second kappa shape index (κ2) is 9.59. The van der Waals surface area contributed by atoms with Gasteiger partial charge in [0.05, 0.1) is 12.2 Å². The molecule has 0 fully saturated rings. The predicted octanol–water partition coefficient (Wildman–Crippen LogP) is 3.11. The molecule has 0 saturated heterocycles. The first kappa shape index (κ1) is 17.7. The average Bonchev–Trinajstić information content (AvgIpc) is 2.30. The van der Waals surface area contributed by atoms with E-state index in [0.717, 1.165) is 0 Å². The first-order chi connectivity index (χ1) is 8.86. The Morgan fingerprint density at radius 1 is 1.05 bits per heavy atom. The smallest absolute Gasteiger partial charge is 0.337 e. The zero-order valence-corrected chi connectivity index (χ0v) is 12.7. The van der Waals surface area contributed by atoms with E-state index in [1.54, 1.807) is 6.08 Å². The van der Waals surface area contributed by atoms with Crippen molar-refractivity contribution in [2.75, 3.05) is 13.2 Å². The highest BCUT2D eigenvalue weighted by Crippen LogP contribution is 2.06. The molecule has 0 amide bonds. The van der Waals surface area contributed by atoms with Crippen molar-refractivity contribution >= 4 is 11.9 Å². The molecule has 0 rings (SSSR count). The molecule has 19 heavy (non-hydrogen) atoms. The van der Waals surface area contributed by atoms with E-state index in [1.165, 1.54) is 0 Å². The van der Waals surface area contributed by atoms with Crippen LogP contribution in [0.1, 0.15) is 47.5 Å². The monoisotopic (exact) mass is 270 g/mol. The molecule has 0 aliphatic carbocycles. The summed E-state index contributed by atoms with van der Waals surface area (Å²) in [6.07, 6.45) is 2.81. The SMILES string of the molecule is CCC=C(COC(=O)CC(C)C)C(=O)OCC(C)C. The number of esters is 2. The standard InChI is InChI=1S/C15H26O4/c1-6-7-13(15(17)19-9-12(4)5)10-18-14(16)8-11(2)3/h7,11-12H,6,8-10H2,1-5H3. The number of carbonyl (C=O) groups excluding carboxylic acids is 2. The van der Waals surface area contributed by atoms with E-state index in [0.29, 0.717) is 25.0 Å². The van der Waals surface area contributed by atoms with Crippen molar-refractivity contribution in [1.82, 2.24) is 0 Å². The van der Waals surface area contributed by atoms with Crippen molar-refractivity contribution < 1.29 is 19.1 Å². The molecule has 0 atom stereocenters. The second-order valence-electron chi connectivity index (χ2n) is 5.39. The number of rotatable bonds is 8. The van der Waals surface area contributed by atoms with Crippen LogP contribution in [0.2, 0.25) is 0 Å². The Bertz CT molecular complexity index is 316. The summed E-state index contributed by atoms with van der Waals surface area (Å²) in [5.41, 5.74) is 0.417. The van der Waals surface area contributed by atoms with Crippen molar-refractivity contribution in [3.63, 3.8) is 0 Å². The summed E-state index contributed by atoms with van der Waals surface area (Å²) in [5.74, 6) is -0.143. The number of hydrogen-bond acceptors (Lipinski definition) is 4. The Hall–Kier alpha value is -1.32. The van der Waals surface area contributed by atoms with Gasteiger partial charge in [0.2, 0.25) is 0 Å². The van der Waals surface area contributed by atoms with Crippen molar-refractivity contribution in [1.29, 1.82) is 0 Å². The van der Waals surface area contributed by atoms with E-state index in [1.807, 2.05) is 34.6 Å². The lowest BCUT2D eigenvalue weighted by Crippen LogP contribution is -2.18. The normalized spacial score (nSPS) is 11.8. The Balaban J connectivity index is 4.30. The molecular formula is C15H26O4. The van der Waals surface area contributed by atoms with Gasteiger partial charge in [0.1, 0.15) is 6.61 Å². The quantitative estimate of drug-likeness (QED) is 0.502. The first-order valence-corrected chi connectivity index (χ1v) is 6.88. The number of carbonyl (C=O) groups is 2. The highest BCUT2D eigenvalue weighted by molar-refractivity contribution is 5.89. The Morgan fingerprint density at radius 2 is 1.68 bits per heavy atom. The zero-order valence-electron chi connectivity index (χ0n) is 12.7. The van der Waals surface area contributed by atoms with Crippen molar-refractivity contribution in [3.05, 3.63) is 11.6 Å². The predicted molar refractivity (Wildman–Crippen MR) is 74.6 cm³/mol. The molecule has 4 nitrogen and oxygen atoms in total. The summed E-state index contributed by atoms with van der Waals surface area (Å²) >= 11 is 0. The highest BCUT2D eigenvalue weighted by Gasteiger charge is 2.14. The lowest BCUT2D eigenvalue weighted by atomic mass is 10.1. The third-order valence-corrected chi connectivity index (χ3v) is 2.22. The molecule has 0 aliphatic heterocycles. The second-order valence-corrected chi connectivity index (χ2v) is 5.39. The van der Waals surface area contributed by atoms with E-state index < -0.39 is 5.97 Å². The molecule has 0 saturated carbocycles. The first-order valence-electron chi connectivity index (χ1n) is 6.88. The molecule has 0 unspecified atom stereocenters. The molecule has 0 N–H and O–H groups in total. The fourth-order valence-electron chi connectivity index (χ4n) is 1.33. The van der Waals surface area contributed by atoms with Gasteiger partial charge in [0, 0.05) is 6.42 Å². The van der Waals surface area contributed by atoms with Crippen LogP contribution in [0.5, 0.6) is 0 Å². The van der Waals surface area contributed by atoms with Gasteiger partial charge in [-0.1, -0.05) is 40.7 Å². The van der Waals surface area contributed by atoms with Crippen LogP contribution in [0.15, 0.2) is 11.6 Å². The van der Waals surface area contributed by atoms with Crippen LogP contribution in [0.3, 0.4) is 0 Å². The summed E-state index contributed by atoms with van der Waals surface area (Å²) in [6, 6.07) is 0. The van der Waals surface area contributed by atoms with Crippen molar-refractivity contribution in [3.8, 4) is 0 Å². The van der Waals surface area contributed by atoms with Gasteiger partial charge < -0.3 is 9.47 Å². The van der Waals surface area contributed by atoms with E-state index in [9.17, 15) is 9.59 Å². The van der Waals surface area contributed by atoms with E-state index >= 15 is 0 Å². The maximum absolute atomic E-state index is 11.8. The van der Waals surface area contributed by atoms with Crippen LogP contribution in [-0.2, 0) is 19.1 Å². The van der Waals surface area contributed by atoms with Gasteiger partial charge in [-0.15, -0.1) is 0 Å². The number of ether oxygens (including phenoxy) is 2. The summed E-state index contributed by atoms with van der Waals surface area (Å²) in [6.45, 7) is 10.1. The summed E-state index contributed by atoms with van der Waals surface area (Å²) in [5, 5.41) is 0. The lowest BCUT2D eigenvalue weighted by molar-refractivity contribution is -0.145. The molecule has 0 aliphatic rings. The van der Waals surface area contributed by atoms with Crippen LogP contribution in [0.25, 0.3) is 0 Å². The third-order valence-electron chi connectivity index (χ3n) is 2.22. The topological polar surface area (TPSA) is 52.6 Å². The van der Waals surface area contributed by atoms with Crippen LogP contribution < -0.4 is 0 Å². The van der Waals surface area contributed by atoms with Gasteiger partial charge in [-0.05, 0) is 18.3 Å². The molecule has 0 bridgehead atoms. The summed E-state index contributed by atoms with van der Waals surface area (Å²) < 4.78 is 10.2. The maximum Gasteiger partial charge on any atom is 0.337 e. The Labute approximate surface area is 116 Å². The maximum atomic E-state index is 11.8. The fraction of sp³-hybridized carbons (Fsp3) is 0.733. The molecule has 0 spiro atoms. The van der Waals surface area contributed by atoms with Crippen molar-refractivity contribution in [2.45, 2.75) is 47.5 Å². The Kier molecular flexibility index (Phi) is 8.92. The third kappa shape index (κ3) is 9.28. The minimum absolute atomic E-state index is 0.00365. The summed E-state index contributed by atoms with van der Waals surface area (Å²) in [7, 11) is 0. The van der Waals surface area contributed by atoms with E-state index in [2.05, 4.69) is 0 Å². The molecular weight excluding hydrogens is 244 g/mol. The average molecular weight is 270 g/mol. The number of allylic oxidation sites excluding steroid dienone is 1. The fourth-order valence-corrected chi connectivity index (χ4v) is 1.33. The molecule has 0 heterocycles. The van der Waals surface area contributed by atoms with Gasteiger partial charge in [-0.2, -0.15) is 0 Å². The van der Waals surface area contributed by atoms with E-state index in [4.69, 9.17) is 9.47 Å². The largest absolute Gasteiger partial charge is 0.462 e. The molecule has 4 heteroatoms. The molecule has 110 valence electrons. The molecule has 0 aromatic heterocycles. The molecule has 0 radical (unpaired) electrons. The minimum Gasteiger partial charge on any atom is -0.462 e. The zero-order chi connectivity index (χ0) is 14.8. The van der Waals surface area contributed by atoms with Crippen LogP contribution >= 0.6 is 0 Å². The van der Waals surface area contributed by atoms with Crippen molar-refractivity contribution in [2.24, 2.45) is 11.8 Å². The van der Waals surface area contributed by atoms with Gasteiger partial charge in [0.15, 0.2) is 0 Å². The Morgan fingerprint density at radius 3 is 2.16 bits per heavy atom. The van der Waals surface area contributed by atoms with E-state index in [-0.39, 0.29) is 24.4 Å².